The summed E-state index contributed by atoms with van der Waals surface area (Å²) in [7, 11) is -2.08. The van der Waals surface area contributed by atoms with Crippen LogP contribution in [0.2, 0.25) is 0 Å². The lowest BCUT2D eigenvalue weighted by Gasteiger charge is -2.32. The zero-order valence-electron chi connectivity index (χ0n) is 13.4. The van der Waals surface area contributed by atoms with Gasteiger partial charge in [0, 0.05) is 24.1 Å². The van der Waals surface area contributed by atoms with Gasteiger partial charge in [-0.2, -0.15) is 0 Å². The number of likely N-dealkylation sites (N-methyl/N-ethyl adjacent to an activating group) is 1. The second kappa shape index (κ2) is 7.51. The number of hydrogen-bond donors (Lipinski definition) is 1. The molecule has 0 spiro atoms. The highest BCUT2D eigenvalue weighted by Gasteiger charge is 2.45. The molecule has 1 saturated heterocycles. The van der Waals surface area contributed by atoms with E-state index in [-0.39, 0.29) is 29.3 Å². The summed E-state index contributed by atoms with van der Waals surface area (Å²) < 4.78 is 25.0. The summed E-state index contributed by atoms with van der Waals surface area (Å²) in [5.41, 5.74) is 0. The first-order valence-corrected chi connectivity index (χ1v) is 9.43. The van der Waals surface area contributed by atoms with Gasteiger partial charge in [-0.15, -0.1) is 12.4 Å². The quantitative estimate of drug-likeness (QED) is 0.803. The topological polar surface area (TPSA) is 66.5 Å². The van der Waals surface area contributed by atoms with Gasteiger partial charge in [-0.25, -0.2) is 8.42 Å². The Bertz CT molecular complexity index is 656. The molecule has 1 aliphatic rings. The molecule has 0 bridgehead atoms. The zero-order valence-corrected chi connectivity index (χ0v) is 16.6. The van der Waals surface area contributed by atoms with Crippen LogP contribution < -0.4 is 5.32 Å². The second-order valence-electron chi connectivity index (χ2n) is 6.03. The Labute approximate surface area is 152 Å². The van der Waals surface area contributed by atoms with Crippen molar-refractivity contribution < 1.29 is 13.2 Å². The van der Waals surface area contributed by atoms with Gasteiger partial charge in [-0.1, -0.05) is 15.9 Å². The summed E-state index contributed by atoms with van der Waals surface area (Å²) in [4.78, 5) is 14.5. The van der Waals surface area contributed by atoms with E-state index in [0.717, 1.165) is 17.4 Å². The lowest BCUT2D eigenvalue weighted by Crippen LogP contribution is -2.52. The van der Waals surface area contributed by atoms with Gasteiger partial charge in [0.15, 0.2) is 9.84 Å². The van der Waals surface area contributed by atoms with Crippen molar-refractivity contribution in [1.82, 2.24) is 10.2 Å². The van der Waals surface area contributed by atoms with Crippen LogP contribution in [-0.2, 0) is 14.6 Å². The van der Waals surface area contributed by atoms with Crippen LogP contribution in [0.1, 0.15) is 20.3 Å². The van der Waals surface area contributed by atoms with Gasteiger partial charge in [0.1, 0.15) is 4.75 Å². The van der Waals surface area contributed by atoms with Crippen LogP contribution in [0.15, 0.2) is 33.6 Å². The van der Waals surface area contributed by atoms with E-state index in [2.05, 4.69) is 21.2 Å². The van der Waals surface area contributed by atoms with Crippen LogP contribution in [0.3, 0.4) is 0 Å². The number of nitrogens with zero attached hydrogens (tertiary/aromatic N) is 1. The third-order valence-corrected chi connectivity index (χ3v) is 7.15. The van der Waals surface area contributed by atoms with E-state index in [0.29, 0.717) is 6.54 Å². The zero-order chi connectivity index (χ0) is 16.5. The maximum Gasteiger partial charge on any atom is 0.243 e. The monoisotopic (exact) mass is 424 g/mol. The number of amides is 1. The normalized spacial score (nSPS) is 18.3. The largest absolute Gasteiger partial charge is 0.340 e. The Hall–Kier alpha value is -0.630. The molecule has 1 amide bonds. The number of nitrogens with one attached hydrogen (secondary N) is 1. The van der Waals surface area contributed by atoms with E-state index in [1.807, 2.05) is 0 Å². The first-order valence-electron chi connectivity index (χ1n) is 7.16. The number of hydrogen-bond acceptors (Lipinski definition) is 4. The Morgan fingerprint density at radius 2 is 1.87 bits per heavy atom. The van der Waals surface area contributed by atoms with E-state index >= 15 is 0 Å². The van der Waals surface area contributed by atoms with Crippen LogP contribution in [-0.4, -0.2) is 50.2 Å². The molecule has 1 aromatic rings. The molecule has 5 nitrogen and oxygen atoms in total. The smallest absolute Gasteiger partial charge is 0.243 e. The number of sulfone groups is 1. The Kier molecular flexibility index (Phi) is 6.66. The predicted molar refractivity (Wildman–Crippen MR) is 96.7 cm³/mol. The third kappa shape index (κ3) is 3.90. The average Bonchev–Trinajstić information content (AvgIpc) is 3.00. The van der Waals surface area contributed by atoms with Gasteiger partial charge in [0.2, 0.25) is 5.91 Å². The summed E-state index contributed by atoms with van der Waals surface area (Å²) in [5, 5.41) is 3.19. The third-order valence-electron chi connectivity index (χ3n) is 4.21. The maximum absolute atomic E-state index is 12.8. The van der Waals surface area contributed by atoms with Crippen molar-refractivity contribution in [2.24, 2.45) is 0 Å². The van der Waals surface area contributed by atoms with Crippen LogP contribution in [0.25, 0.3) is 0 Å². The first-order chi connectivity index (χ1) is 10.2. The lowest BCUT2D eigenvalue weighted by atomic mass is 10.1. The SMILES string of the molecule is CN(C(=O)C(C)(C)S(=O)(=O)c1ccc(Br)cc1)C1CCNC1.Cl. The molecule has 8 heteroatoms. The minimum atomic E-state index is -3.76. The number of rotatable bonds is 4. The number of halogens is 2. The molecule has 0 aliphatic carbocycles. The molecule has 1 fully saturated rings. The standard InChI is InChI=1S/C15H21BrN2O3S.ClH/c1-15(2,14(19)18(3)12-8-9-17-10-12)22(20,21)13-6-4-11(16)5-7-13;/h4-7,12,17H,8-10H2,1-3H3;1H. The van der Waals surface area contributed by atoms with Gasteiger partial charge >= 0.3 is 0 Å². The van der Waals surface area contributed by atoms with Crippen molar-refractivity contribution in [2.45, 2.75) is 36.0 Å². The van der Waals surface area contributed by atoms with E-state index in [4.69, 9.17) is 0 Å². The van der Waals surface area contributed by atoms with E-state index in [1.165, 1.54) is 26.0 Å². The minimum Gasteiger partial charge on any atom is -0.340 e. The van der Waals surface area contributed by atoms with Crippen LogP contribution in [0.4, 0.5) is 0 Å². The van der Waals surface area contributed by atoms with Gasteiger partial charge in [0.25, 0.3) is 0 Å². The minimum absolute atomic E-state index is 0. The van der Waals surface area contributed by atoms with Crippen molar-refractivity contribution in [1.29, 1.82) is 0 Å². The molecule has 0 saturated carbocycles. The van der Waals surface area contributed by atoms with Crippen molar-refractivity contribution in [3.05, 3.63) is 28.7 Å². The number of benzene rings is 1. The van der Waals surface area contributed by atoms with Crippen molar-refractivity contribution in [3.8, 4) is 0 Å². The van der Waals surface area contributed by atoms with E-state index in [9.17, 15) is 13.2 Å². The summed E-state index contributed by atoms with van der Waals surface area (Å²) in [6, 6.07) is 6.42. The molecule has 130 valence electrons. The van der Waals surface area contributed by atoms with Gasteiger partial charge < -0.3 is 10.2 Å². The predicted octanol–water partition coefficient (Wildman–Crippen LogP) is 2.24. The van der Waals surface area contributed by atoms with Crippen molar-refractivity contribution >= 4 is 44.1 Å². The Morgan fingerprint density at radius 1 is 1.30 bits per heavy atom. The molecule has 0 aromatic heterocycles. The summed E-state index contributed by atoms with van der Waals surface area (Å²) in [5.74, 6) is -0.371. The summed E-state index contributed by atoms with van der Waals surface area (Å²) in [6.45, 7) is 4.51. The van der Waals surface area contributed by atoms with Crippen LogP contribution in [0.5, 0.6) is 0 Å². The fraction of sp³-hybridized carbons (Fsp3) is 0.533. The summed E-state index contributed by atoms with van der Waals surface area (Å²) in [6.07, 6.45) is 0.844. The van der Waals surface area contributed by atoms with Crippen molar-refractivity contribution in [2.75, 3.05) is 20.1 Å². The molecule has 23 heavy (non-hydrogen) atoms. The Morgan fingerprint density at radius 3 is 2.35 bits per heavy atom. The maximum atomic E-state index is 12.8. The van der Waals surface area contributed by atoms with Gasteiger partial charge in [-0.3, -0.25) is 4.79 Å². The molecule has 1 N–H and O–H groups in total. The van der Waals surface area contributed by atoms with Crippen LogP contribution in [0, 0.1) is 0 Å². The van der Waals surface area contributed by atoms with Crippen LogP contribution >= 0.6 is 28.3 Å². The highest BCUT2D eigenvalue weighted by atomic mass is 79.9. The molecule has 1 aliphatic heterocycles. The molecule has 1 heterocycles. The number of carbonyl (C=O) groups excluding carboxylic acids is 1. The molecule has 1 unspecified atom stereocenters. The summed E-state index contributed by atoms with van der Waals surface area (Å²) >= 11 is 3.28. The molecular weight excluding hydrogens is 404 g/mol. The fourth-order valence-corrected chi connectivity index (χ4v) is 4.31. The van der Waals surface area contributed by atoms with Gasteiger partial charge in [0.05, 0.1) is 4.90 Å². The molecule has 1 atom stereocenters. The van der Waals surface area contributed by atoms with Gasteiger partial charge in [-0.05, 0) is 51.1 Å². The lowest BCUT2D eigenvalue weighted by molar-refractivity contribution is -0.133. The molecule has 2 rings (SSSR count). The Balaban J connectivity index is 0.00000264. The fourth-order valence-electron chi connectivity index (χ4n) is 2.58. The highest BCUT2D eigenvalue weighted by molar-refractivity contribution is 9.10. The molecule has 1 aromatic carbocycles. The van der Waals surface area contributed by atoms with Crippen molar-refractivity contribution in [3.63, 3.8) is 0 Å². The molecule has 0 radical (unpaired) electrons. The first kappa shape index (κ1) is 20.4. The van der Waals surface area contributed by atoms with E-state index in [1.54, 1.807) is 24.1 Å². The average molecular weight is 426 g/mol. The second-order valence-corrected chi connectivity index (χ2v) is 9.44. The van der Waals surface area contributed by atoms with E-state index < -0.39 is 14.6 Å². The number of carbonyl (C=O) groups is 1. The highest BCUT2D eigenvalue weighted by Crippen LogP contribution is 2.29. The molecular formula is C15H22BrClN2O3S.